The van der Waals surface area contributed by atoms with Crippen molar-refractivity contribution in [2.75, 3.05) is 0 Å². The van der Waals surface area contributed by atoms with E-state index in [2.05, 4.69) is 4.98 Å². The normalized spacial score (nSPS) is 26.0. The number of hydrogen-bond donors (Lipinski definition) is 2. The summed E-state index contributed by atoms with van der Waals surface area (Å²) in [5.74, 6) is 0. The molecule has 3 N–H and O–H groups in total. The van der Waals surface area contributed by atoms with Crippen molar-refractivity contribution < 1.29 is 5.11 Å². The Morgan fingerprint density at radius 3 is 2.72 bits per heavy atom. The molecule has 0 fully saturated rings. The first-order chi connectivity index (χ1) is 8.69. The van der Waals surface area contributed by atoms with Gasteiger partial charge >= 0.3 is 0 Å². The van der Waals surface area contributed by atoms with Gasteiger partial charge in [-0.3, -0.25) is 4.98 Å². The minimum absolute atomic E-state index is 0.0759. The monoisotopic (exact) mass is 240 g/mol. The minimum atomic E-state index is -0.850. The highest BCUT2D eigenvalue weighted by molar-refractivity contribution is 5.41. The third-order valence-electron chi connectivity index (χ3n) is 3.67. The fraction of sp³-hybridized carbons (Fsp3) is 0.267. The van der Waals surface area contributed by atoms with Crippen LogP contribution in [0.5, 0.6) is 0 Å². The molecule has 3 nitrogen and oxygen atoms in total. The van der Waals surface area contributed by atoms with Crippen LogP contribution in [0.4, 0.5) is 0 Å². The molecule has 0 saturated heterocycles. The van der Waals surface area contributed by atoms with E-state index in [1.807, 2.05) is 36.4 Å². The molecule has 92 valence electrons. The SMILES string of the molecule is NC1CC(O)(Cc2ccncc2)c2ccccc21. The quantitative estimate of drug-likeness (QED) is 0.843. The summed E-state index contributed by atoms with van der Waals surface area (Å²) in [7, 11) is 0. The predicted octanol–water partition coefficient (Wildman–Crippen LogP) is 1.92. The van der Waals surface area contributed by atoms with Gasteiger partial charge in [0.2, 0.25) is 0 Å². The van der Waals surface area contributed by atoms with Crippen molar-refractivity contribution in [1.29, 1.82) is 0 Å². The molecule has 0 spiro atoms. The molecule has 0 bridgehead atoms. The fourth-order valence-electron chi connectivity index (χ4n) is 2.83. The molecule has 0 aliphatic heterocycles. The summed E-state index contributed by atoms with van der Waals surface area (Å²) in [6.07, 6.45) is 4.66. The molecular weight excluding hydrogens is 224 g/mol. The maximum Gasteiger partial charge on any atom is 0.0958 e. The third kappa shape index (κ3) is 1.82. The van der Waals surface area contributed by atoms with Crippen LogP contribution in [0.1, 0.15) is 29.2 Å². The standard InChI is InChI=1S/C15H16N2O/c16-14-10-15(18,9-11-5-7-17-8-6-11)13-4-2-1-3-12(13)14/h1-8,14,18H,9-10,16H2. The zero-order valence-electron chi connectivity index (χ0n) is 10.1. The lowest BCUT2D eigenvalue weighted by molar-refractivity contribution is 0.0342. The molecule has 2 unspecified atom stereocenters. The first-order valence-electron chi connectivity index (χ1n) is 6.15. The van der Waals surface area contributed by atoms with Gasteiger partial charge in [0.25, 0.3) is 0 Å². The topological polar surface area (TPSA) is 59.1 Å². The Labute approximate surface area is 106 Å². The third-order valence-corrected chi connectivity index (χ3v) is 3.67. The Balaban J connectivity index is 1.97. The average molecular weight is 240 g/mol. The van der Waals surface area contributed by atoms with Crippen LogP contribution < -0.4 is 5.73 Å². The number of pyridine rings is 1. The number of rotatable bonds is 2. The Kier molecular flexibility index (Phi) is 2.65. The lowest BCUT2D eigenvalue weighted by Gasteiger charge is -2.24. The average Bonchev–Trinajstić information content (AvgIpc) is 2.63. The van der Waals surface area contributed by atoms with E-state index < -0.39 is 5.60 Å². The molecule has 1 heterocycles. The zero-order valence-corrected chi connectivity index (χ0v) is 10.1. The number of benzene rings is 1. The second-order valence-electron chi connectivity index (χ2n) is 4.96. The van der Waals surface area contributed by atoms with Crippen LogP contribution in [0.25, 0.3) is 0 Å². The summed E-state index contributed by atoms with van der Waals surface area (Å²) >= 11 is 0. The van der Waals surface area contributed by atoms with Crippen molar-refractivity contribution in [1.82, 2.24) is 4.98 Å². The molecule has 1 aromatic carbocycles. The highest BCUT2D eigenvalue weighted by atomic mass is 16.3. The summed E-state index contributed by atoms with van der Waals surface area (Å²) in [5.41, 5.74) is 8.36. The minimum Gasteiger partial charge on any atom is -0.385 e. The molecule has 1 aliphatic carbocycles. The van der Waals surface area contributed by atoms with E-state index in [1.54, 1.807) is 12.4 Å². The van der Waals surface area contributed by atoms with E-state index >= 15 is 0 Å². The van der Waals surface area contributed by atoms with Crippen molar-refractivity contribution in [3.8, 4) is 0 Å². The molecule has 0 amide bonds. The second kappa shape index (κ2) is 4.19. The first-order valence-corrected chi connectivity index (χ1v) is 6.15. The van der Waals surface area contributed by atoms with Gasteiger partial charge < -0.3 is 10.8 Å². The number of fused-ring (bicyclic) bond motifs is 1. The molecule has 2 atom stereocenters. The lowest BCUT2D eigenvalue weighted by Crippen LogP contribution is -2.26. The maximum atomic E-state index is 10.9. The van der Waals surface area contributed by atoms with Gasteiger partial charge in [-0.1, -0.05) is 24.3 Å². The van der Waals surface area contributed by atoms with Crippen LogP contribution in [0.2, 0.25) is 0 Å². The van der Waals surface area contributed by atoms with Gasteiger partial charge in [0.05, 0.1) is 5.60 Å². The van der Waals surface area contributed by atoms with E-state index in [9.17, 15) is 5.11 Å². The van der Waals surface area contributed by atoms with E-state index in [4.69, 9.17) is 5.73 Å². The molecule has 2 aromatic rings. The number of hydrogen-bond acceptors (Lipinski definition) is 3. The van der Waals surface area contributed by atoms with E-state index in [0.717, 1.165) is 16.7 Å². The Hall–Kier alpha value is -1.71. The van der Waals surface area contributed by atoms with Gasteiger partial charge in [0, 0.05) is 24.9 Å². The lowest BCUT2D eigenvalue weighted by atomic mass is 9.89. The van der Waals surface area contributed by atoms with Gasteiger partial charge in [-0.15, -0.1) is 0 Å². The fourth-order valence-corrected chi connectivity index (χ4v) is 2.83. The summed E-state index contributed by atoms with van der Waals surface area (Å²) < 4.78 is 0. The number of aliphatic hydroxyl groups is 1. The van der Waals surface area contributed by atoms with E-state index in [1.165, 1.54) is 0 Å². The summed E-state index contributed by atoms with van der Waals surface area (Å²) in [4.78, 5) is 4.00. The van der Waals surface area contributed by atoms with E-state index in [-0.39, 0.29) is 6.04 Å². The van der Waals surface area contributed by atoms with Crippen LogP contribution in [0.15, 0.2) is 48.8 Å². The highest BCUT2D eigenvalue weighted by Gasteiger charge is 2.40. The van der Waals surface area contributed by atoms with Gasteiger partial charge in [0.15, 0.2) is 0 Å². The molecule has 3 heteroatoms. The van der Waals surface area contributed by atoms with Crippen molar-refractivity contribution in [2.24, 2.45) is 5.73 Å². The molecule has 1 aliphatic rings. The summed E-state index contributed by atoms with van der Waals surface area (Å²) in [5, 5.41) is 10.9. The molecule has 18 heavy (non-hydrogen) atoms. The molecule has 1 aromatic heterocycles. The van der Waals surface area contributed by atoms with Crippen LogP contribution >= 0.6 is 0 Å². The second-order valence-corrected chi connectivity index (χ2v) is 4.96. The van der Waals surface area contributed by atoms with Crippen LogP contribution in [-0.4, -0.2) is 10.1 Å². The largest absolute Gasteiger partial charge is 0.385 e. The Morgan fingerprint density at radius 2 is 1.94 bits per heavy atom. The van der Waals surface area contributed by atoms with Crippen LogP contribution in [0.3, 0.4) is 0 Å². The molecular formula is C15H16N2O. The first kappa shape index (κ1) is 11.4. The number of aromatic nitrogens is 1. The summed E-state index contributed by atoms with van der Waals surface area (Å²) in [6, 6.07) is 11.7. The maximum absolute atomic E-state index is 10.9. The van der Waals surface area contributed by atoms with Crippen LogP contribution in [0, 0.1) is 0 Å². The van der Waals surface area contributed by atoms with Gasteiger partial charge in [0.1, 0.15) is 0 Å². The van der Waals surface area contributed by atoms with E-state index in [0.29, 0.717) is 12.8 Å². The molecule has 3 rings (SSSR count). The highest BCUT2D eigenvalue weighted by Crippen LogP contribution is 2.43. The van der Waals surface area contributed by atoms with Crippen LogP contribution in [-0.2, 0) is 12.0 Å². The van der Waals surface area contributed by atoms with Crippen molar-refractivity contribution >= 4 is 0 Å². The van der Waals surface area contributed by atoms with Crippen molar-refractivity contribution in [3.05, 3.63) is 65.5 Å². The smallest absolute Gasteiger partial charge is 0.0958 e. The predicted molar refractivity (Wildman–Crippen MR) is 69.8 cm³/mol. The Morgan fingerprint density at radius 1 is 1.22 bits per heavy atom. The number of nitrogens with zero attached hydrogens (tertiary/aromatic N) is 1. The molecule has 0 saturated carbocycles. The van der Waals surface area contributed by atoms with Gasteiger partial charge in [-0.2, -0.15) is 0 Å². The Bertz CT molecular complexity index is 555. The zero-order chi connectivity index (χ0) is 12.6. The van der Waals surface area contributed by atoms with Gasteiger partial charge in [-0.25, -0.2) is 0 Å². The number of nitrogens with two attached hydrogens (primary N) is 1. The molecule has 0 radical (unpaired) electrons. The van der Waals surface area contributed by atoms with Crippen molar-refractivity contribution in [2.45, 2.75) is 24.5 Å². The van der Waals surface area contributed by atoms with Gasteiger partial charge in [-0.05, 0) is 35.2 Å². The van der Waals surface area contributed by atoms with Crippen molar-refractivity contribution in [3.63, 3.8) is 0 Å². The summed E-state index contributed by atoms with van der Waals surface area (Å²) in [6.45, 7) is 0.